The number of sulfonamides is 1. The molecule has 1 saturated heterocycles. The van der Waals surface area contributed by atoms with Crippen LogP contribution in [0.4, 0.5) is 4.79 Å². The molecule has 0 aromatic heterocycles. The summed E-state index contributed by atoms with van der Waals surface area (Å²) >= 11 is 0. The first-order valence-electron chi connectivity index (χ1n) is 8.05. The number of carbonyl (C=O) groups excluding carboxylic acids is 3. The average molecular weight is 399 g/mol. The van der Waals surface area contributed by atoms with Crippen molar-refractivity contribution in [2.45, 2.75) is 37.3 Å². The number of nitrogens with two attached hydrogens (primary N) is 1. The smallest absolute Gasteiger partial charge is 0.325 e. The fourth-order valence-electron chi connectivity index (χ4n) is 2.68. The van der Waals surface area contributed by atoms with Gasteiger partial charge in [0.1, 0.15) is 6.04 Å². The number of primary amides is 1. The SMILES string of the molecule is Cc1ccc(S(=O)(=O)N2CC(O)CC2C(=O)OCC(=O)NC(N)=O)cc1C. The van der Waals surface area contributed by atoms with Crippen LogP contribution < -0.4 is 11.1 Å². The van der Waals surface area contributed by atoms with Crippen molar-refractivity contribution in [2.75, 3.05) is 13.2 Å². The molecule has 1 aliphatic heterocycles. The van der Waals surface area contributed by atoms with E-state index in [1.807, 2.05) is 6.92 Å². The Kier molecular flexibility index (Phi) is 6.19. The Morgan fingerprint density at radius 2 is 1.96 bits per heavy atom. The van der Waals surface area contributed by atoms with E-state index in [2.05, 4.69) is 0 Å². The Bertz CT molecular complexity index is 869. The lowest BCUT2D eigenvalue weighted by Gasteiger charge is -2.22. The van der Waals surface area contributed by atoms with E-state index in [0.29, 0.717) is 0 Å². The predicted octanol–water partition coefficient (Wildman–Crippen LogP) is -0.835. The normalized spacial score (nSPS) is 20.3. The first kappa shape index (κ1) is 20.8. The largest absolute Gasteiger partial charge is 0.454 e. The van der Waals surface area contributed by atoms with Gasteiger partial charge < -0.3 is 15.6 Å². The number of ether oxygens (including phenoxy) is 1. The topological polar surface area (TPSA) is 156 Å². The van der Waals surface area contributed by atoms with Crippen molar-refractivity contribution < 1.29 is 32.6 Å². The maximum atomic E-state index is 12.9. The molecule has 1 heterocycles. The molecule has 10 nitrogen and oxygen atoms in total. The van der Waals surface area contributed by atoms with Crippen LogP contribution >= 0.6 is 0 Å². The van der Waals surface area contributed by atoms with Crippen molar-refractivity contribution in [1.82, 2.24) is 9.62 Å². The number of aliphatic hydroxyl groups is 1. The molecule has 27 heavy (non-hydrogen) atoms. The molecule has 1 aliphatic rings. The van der Waals surface area contributed by atoms with Crippen molar-refractivity contribution >= 4 is 27.9 Å². The zero-order chi connectivity index (χ0) is 20.4. The Morgan fingerprint density at radius 1 is 1.30 bits per heavy atom. The fraction of sp³-hybridized carbons (Fsp3) is 0.438. The number of nitrogens with one attached hydrogen (secondary N) is 1. The van der Waals surface area contributed by atoms with Crippen LogP contribution in [0, 0.1) is 13.8 Å². The van der Waals surface area contributed by atoms with E-state index >= 15 is 0 Å². The highest BCUT2D eigenvalue weighted by atomic mass is 32.2. The second kappa shape index (κ2) is 8.03. The van der Waals surface area contributed by atoms with Gasteiger partial charge in [0.05, 0.1) is 11.0 Å². The minimum Gasteiger partial charge on any atom is -0.454 e. The molecule has 0 saturated carbocycles. The van der Waals surface area contributed by atoms with Crippen molar-refractivity contribution in [1.29, 1.82) is 0 Å². The number of aliphatic hydroxyl groups excluding tert-OH is 1. The number of urea groups is 1. The van der Waals surface area contributed by atoms with E-state index in [1.54, 1.807) is 18.3 Å². The lowest BCUT2D eigenvalue weighted by atomic mass is 10.1. The first-order chi connectivity index (χ1) is 12.5. The number of imide groups is 1. The minimum absolute atomic E-state index is 0.0102. The Hall–Kier alpha value is -2.50. The highest BCUT2D eigenvalue weighted by molar-refractivity contribution is 7.89. The number of carbonyl (C=O) groups is 3. The summed E-state index contributed by atoms with van der Waals surface area (Å²) in [6.07, 6.45) is -1.22. The molecule has 1 fully saturated rings. The molecule has 2 rings (SSSR count). The van der Waals surface area contributed by atoms with Crippen molar-refractivity contribution in [3.8, 4) is 0 Å². The Morgan fingerprint density at radius 3 is 2.56 bits per heavy atom. The van der Waals surface area contributed by atoms with Crippen LogP contribution in [-0.4, -0.2) is 61.0 Å². The number of nitrogens with zero attached hydrogens (tertiary/aromatic N) is 1. The van der Waals surface area contributed by atoms with Gasteiger partial charge in [-0.15, -0.1) is 0 Å². The predicted molar refractivity (Wildman–Crippen MR) is 92.9 cm³/mol. The summed E-state index contributed by atoms with van der Waals surface area (Å²) in [7, 11) is -4.06. The van der Waals surface area contributed by atoms with Gasteiger partial charge in [-0.3, -0.25) is 14.9 Å². The summed E-state index contributed by atoms with van der Waals surface area (Å²) in [5, 5.41) is 11.6. The van der Waals surface area contributed by atoms with E-state index in [9.17, 15) is 27.9 Å². The molecule has 1 aromatic rings. The number of aryl methyl sites for hydroxylation is 2. The van der Waals surface area contributed by atoms with Gasteiger partial charge in [0.25, 0.3) is 5.91 Å². The number of hydrogen-bond acceptors (Lipinski definition) is 7. The highest BCUT2D eigenvalue weighted by Crippen LogP contribution is 2.28. The van der Waals surface area contributed by atoms with Gasteiger partial charge in [0.15, 0.2) is 6.61 Å². The van der Waals surface area contributed by atoms with Crippen LogP contribution in [0.15, 0.2) is 23.1 Å². The first-order valence-corrected chi connectivity index (χ1v) is 9.49. The van der Waals surface area contributed by atoms with Gasteiger partial charge >= 0.3 is 12.0 Å². The van der Waals surface area contributed by atoms with Crippen molar-refractivity contribution in [2.24, 2.45) is 5.73 Å². The molecule has 0 aliphatic carbocycles. The summed E-state index contributed by atoms with van der Waals surface area (Å²) in [6.45, 7) is 2.52. The summed E-state index contributed by atoms with van der Waals surface area (Å²) in [4.78, 5) is 34.2. The second-order valence-corrected chi connectivity index (χ2v) is 8.14. The molecule has 11 heteroatoms. The zero-order valence-corrected chi connectivity index (χ0v) is 15.7. The van der Waals surface area contributed by atoms with E-state index in [0.717, 1.165) is 15.4 Å². The number of rotatable bonds is 5. The van der Waals surface area contributed by atoms with Crippen LogP contribution in [0.5, 0.6) is 0 Å². The van der Waals surface area contributed by atoms with Gasteiger partial charge in [-0.1, -0.05) is 6.07 Å². The van der Waals surface area contributed by atoms with Crippen molar-refractivity contribution in [3.63, 3.8) is 0 Å². The third-order valence-electron chi connectivity index (χ3n) is 4.20. The average Bonchev–Trinajstić information content (AvgIpc) is 2.97. The van der Waals surface area contributed by atoms with Crippen LogP contribution in [0.3, 0.4) is 0 Å². The molecule has 0 bridgehead atoms. The van der Waals surface area contributed by atoms with Gasteiger partial charge in [-0.05, 0) is 37.1 Å². The van der Waals surface area contributed by atoms with E-state index in [4.69, 9.17) is 10.5 Å². The molecular formula is C16H21N3O7S. The minimum atomic E-state index is -4.06. The molecular weight excluding hydrogens is 378 g/mol. The standard InChI is InChI=1S/C16H21N3O7S/c1-9-3-4-12(5-10(9)2)27(24,25)19-7-11(20)6-13(19)15(22)26-8-14(21)18-16(17)23/h3-5,11,13,20H,6-8H2,1-2H3,(H3,17,18,21,23). The number of hydrogen-bond donors (Lipinski definition) is 3. The summed E-state index contributed by atoms with van der Waals surface area (Å²) in [6, 6.07) is 2.17. The number of β-amino-alcohol motifs (C(OH)–C–C–N with tert-alkyl or cyclic N) is 1. The fourth-order valence-corrected chi connectivity index (χ4v) is 4.39. The second-order valence-electron chi connectivity index (χ2n) is 6.25. The molecule has 4 N–H and O–H groups in total. The quantitative estimate of drug-likeness (QED) is 0.545. The zero-order valence-electron chi connectivity index (χ0n) is 14.8. The van der Waals surface area contributed by atoms with E-state index < -0.39 is 46.7 Å². The Labute approximate surface area is 156 Å². The molecule has 0 spiro atoms. The highest BCUT2D eigenvalue weighted by Gasteiger charge is 2.44. The third-order valence-corrected chi connectivity index (χ3v) is 6.07. The van der Waals surface area contributed by atoms with Gasteiger partial charge in [-0.25, -0.2) is 13.2 Å². The van der Waals surface area contributed by atoms with Crippen LogP contribution in [0.1, 0.15) is 17.5 Å². The summed E-state index contributed by atoms with van der Waals surface area (Å²) < 4.78 is 31.4. The maximum Gasteiger partial charge on any atom is 0.325 e. The Balaban J connectivity index is 2.19. The van der Waals surface area contributed by atoms with Gasteiger partial charge in [0, 0.05) is 13.0 Å². The van der Waals surface area contributed by atoms with Crippen LogP contribution in [-0.2, 0) is 24.3 Å². The van der Waals surface area contributed by atoms with Crippen LogP contribution in [0.2, 0.25) is 0 Å². The lowest BCUT2D eigenvalue weighted by molar-refractivity contribution is -0.151. The van der Waals surface area contributed by atoms with Crippen LogP contribution in [0.25, 0.3) is 0 Å². The number of esters is 1. The monoisotopic (exact) mass is 399 g/mol. The van der Waals surface area contributed by atoms with E-state index in [1.165, 1.54) is 12.1 Å². The lowest BCUT2D eigenvalue weighted by Crippen LogP contribution is -2.43. The van der Waals surface area contributed by atoms with Gasteiger partial charge in [-0.2, -0.15) is 4.31 Å². The molecule has 2 atom stereocenters. The third kappa shape index (κ3) is 4.81. The molecule has 2 unspecified atom stereocenters. The number of benzene rings is 1. The van der Waals surface area contributed by atoms with Crippen molar-refractivity contribution in [3.05, 3.63) is 29.3 Å². The molecule has 3 amide bonds. The number of amides is 3. The van der Waals surface area contributed by atoms with Gasteiger partial charge in [0.2, 0.25) is 10.0 Å². The summed E-state index contributed by atoms with van der Waals surface area (Å²) in [5.41, 5.74) is 6.45. The summed E-state index contributed by atoms with van der Waals surface area (Å²) in [5.74, 6) is -1.95. The maximum absolute atomic E-state index is 12.9. The molecule has 148 valence electrons. The molecule has 1 aromatic carbocycles. The molecule has 0 radical (unpaired) electrons. The van der Waals surface area contributed by atoms with E-state index in [-0.39, 0.29) is 17.9 Å².